The van der Waals surface area contributed by atoms with Crippen LogP contribution in [-0.4, -0.2) is 66.0 Å². The molecule has 0 aromatic rings. The minimum atomic E-state index is -3.22. The van der Waals surface area contributed by atoms with E-state index < -0.39 is 16.0 Å². The van der Waals surface area contributed by atoms with Gasteiger partial charge in [0.15, 0.2) is 0 Å². The van der Waals surface area contributed by atoms with Gasteiger partial charge in [-0.15, -0.1) is 0 Å². The van der Waals surface area contributed by atoms with E-state index in [-0.39, 0.29) is 30.2 Å². The standard InChI is InChI=1S/C14H26N2O5S/c1-4-11(3)16(10-13(17)18)14(19)12-6-8-15(9-7-12)22(20,21)5-2/h11-12H,4-10H2,1-3H3,(H,17,18). The predicted octanol–water partition coefficient (Wildman–Crippen LogP) is 0.760. The molecule has 1 unspecified atom stereocenters. The SMILES string of the molecule is CCC(C)N(CC(=O)O)C(=O)C1CCN(S(=O)(=O)CC)CC1. The molecule has 0 aromatic heterocycles. The Balaban J connectivity index is 2.72. The normalized spacial score (nSPS) is 18.9. The molecule has 128 valence electrons. The van der Waals surface area contributed by atoms with Crippen molar-refractivity contribution in [2.45, 2.75) is 46.1 Å². The lowest BCUT2D eigenvalue weighted by Gasteiger charge is -2.35. The Bertz CT molecular complexity index is 497. The summed E-state index contributed by atoms with van der Waals surface area (Å²) in [6, 6.07) is -0.138. The van der Waals surface area contributed by atoms with Crippen molar-refractivity contribution in [3.05, 3.63) is 0 Å². The van der Waals surface area contributed by atoms with Crippen molar-refractivity contribution in [3.8, 4) is 0 Å². The average Bonchev–Trinajstić information content (AvgIpc) is 2.51. The molecule has 1 atom stereocenters. The fourth-order valence-corrected chi connectivity index (χ4v) is 3.75. The van der Waals surface area contributed by atoms with Gasteiger partial charge >= 0.3 is 5.97 Å². The third-order valence-corrected chi connectivity index (χ3v) is 6.15. The molecule has 1 saturated heterocycles. The van der Waals surface area contributed by atoms with Crippen LogP contribution in [0.3, 0.4) is 0 Å². The number of aliphatic carboxylic acids is 1. The summed E-state index contributed by atoms with van der Waals surface area (Å²) in [5, 5.41) is 8.97. The van der Waals surface area contributed by atoms with Crippen LogP contribution in [0.4, 0.5) is 0 Å². The maximum Gasteiger partial charge on any atom is 0.323 e. The number of carboxylic acids is 1. The number of carbonyl (C=O) groups is 2. The maximum atomic E-state index is 12.6. The highest BCUT2D eigenvalue weighted by Crippen LogP contribution is 2.23. The van der Waals surface area contributed by atoms with E-state index in [2.05, 4.69) is 0 Å². The summed E-state index contributed by atoms with van der Waals surface area (Å²) in [6.45, 7) is 5.69. The molecule has 0 radical (unpaired) electrons. The van der Waals surface area contributed by atoms with Gasteiger partial charge < -0.3 is 10.0 Å². The molecule has 1 N–H and O–H groups in total. The van der Waals surface area contributed by atoms with Crippen LogP contribution in [0.2, 0.25) is 0 Å². The Morgan fingerprint density at radius 3 is 2.23 bits per heavy atom. The fourth-order valence-electron chi connectivity index (χ4n) is 2.62. The first-order chi connectivity index (χ1) is 10.2. The first kappa shape index (κ1) is 18.9. The minimum absolute atomic E-state index is 0.0591. The van der Waals surface area contributed by atoms with E-state index in [4.69, 9.17) is 5.11 Å². The van der Waals surface area contributed by atoms with E-state index in [0.29, 0.717) is 32.4 Å². The van der Waals surface area contributed by atoms with Crippen LogP contribution < -0.4 is 0 Å². The van der Waals surface area contributed by atoms with Crippen LogP contribution in [0, 0.1) is 5.92 Å². The van der Waals surface area contributed by atoms with Gasteiger partial charge in [0.25, 0.3) is 0 Å². The minimum Gasteiger partial charge on any atom is -0.480 e. The number of hydrogen-bond acceptors (Lipinski definition) is 4. The van der Waals surface area contributed by atoms with Gasteiger partial charge in [0.05, 0.1) is 5.75 Å². The van der Waals surface area contributed by atoms with Gasteiger partial charge in [-0.2, -0.15) is 0 Å². The molecule has 0 aliphatic carbocycles. The van der Waals surface area contributed by atoms with Crippen LogP contribution in [0.15, 0.2) is 0 Å². The van der Waals surface area contributed by atoms with Gasteiger partial charge in [0.1, 0.15) is 6.54 Å². The Morgan fingerprint density at radius 1 is 1.27 bits per heavy atom. The van der Waals surface area contributed by atoms with Crippen LogP contribution >= 0.6 is 0 Å². The first-order valence-corrected chi connectivity index (χ1v) is 9.33. The van der Waals surface area contributed by atoms with Crippen molar-refractivity contribution in [3.63, 3.8) is 0 Å². The van der Waals surface area contributed by atoms with E-state index in [1.807, 2.05) is 13.8 Å². The van der Waals surface area contributed by atoms with Crippen molar-refractivity contribution in [2.75, 3.05) is 25.4 Å². The summed E-state index contributed by atoms with van der Waals surface area (Å²) in [7, 11) is -3.22. The van der Waals surface area contributed by atoms with Gasteiger partial charge in [-0.25, -0.2) is 12.7 Å². The lowest BCUT2D eigenvalue weighted by Crippen LogP contribution is -2.48. The Labute approximate surface area is 132 Å². The van der Waals surface area contributed by atoms with Crippen LogP contribution in [0.5, 0.6) is 0 Å². The summed E-state index contributed by atoms with van der Waals surface area (Å²) < 4.78 is 25.1. The third kappa shape index (κ3) is 4.67. The smallest absolute Gasteiger partial charge is 0.323 e. The molecule has 1 heterocycles. The summed E-state index contributed by atoms with van der Waals surface area (Å²) >= 11 is 0. The highest BCUT2D eigenvalue weighted by molar-refractivity contribution is 7.89. The second-order valence-corrected chi connectivity index (χ2v) is 7.95. The molecule has 1 aliphatic rings. The Hall–Kier alpha value is -1.15. The maximum absolute atomic E-state index is 12.6. The molecule has 1 amide bonds. The molecule has 0 bridgehead atoms. The third-order valence-electron chi connectivity index (χ3n) is 4.27. The van der Waals surface area contributed by atoms with Gasteiger partial charge in [-0.3, -0.25) is 9.59 Å². The van der Waals surface area contributed by atoms with E-state index in [0.717, 1.165) is 0 Å². The number of carbonyl (C=O) groups excluding carboxylic acids is 1. The second kappa shape index (κ2) is 7.92. The number of sulfonamides is 1. The zero-order valence-electron chi connectivity index (χ0n) is 13.5. The van der Waals surface area contributed by atoms with Crippen molar-refractivity contribution in [1.29, 1.82) is 0 Å². The van der Waals surface area contributed by atoms with E-state index >= 15 is 0 Å². The molecular formula is C14H26N2O5S. The zero-order chi connectivity index (χ0) is 16.9. The number of piperidine rings is 1. The molecular weight excluding hydrogens is 308 g/mol. The van der Waals surface area contributed by atoms with Gasteiger partial charge in [-0.1, -0.05) is 6.92 Å². The number of carboxylic acid groups (broad SMARTS) is 1. The molecule has 8 heteroatoms. The lowest BCUT2D eigenvalue weighted by atomic mass is 9.95. The monoisotopic (exact) mass is 334 g/mol. The van der Waals surface area contributed by atoms with Crippen molar-refractivity contribution in [2.24, 2.45) is 5.92 Å². The zero-order valence-corrected chi connectivity index (χ0v) is 14.3. The van der Waals surface area contributed by atoms with Crippen molar-refractivity contribution in [1.82, 2.24) is 9.21 Å². The van der Waals surface area contributed by atoms with Crippen molar-refractivity contribution < 1.29 is 23.1 Å². The van der Waals surface area contributed by atoms with Gasteiger partial charge in [0.2, 0.25) is 15.9 Å². The Kier molecular flexibility index (Phi) is 6.80. The highest BCUT2D eigenvalue weighted by atomic mass is 32.2. The molecule has 0 saturated carbocycles. The lowest BCUT2D eigenvalue weighted by molar-refractivity contribution is -0.148. The molecule has 1 fully saturated rings. The molecule has 7 nitrogen and oxygen atoms in total. The van der Waals surface area contributed by atoms with E-state index in [1.54, 1.807) is 6.92 Å². The van der Waals surface area contributed by atoms with E-state index in [1.165, 1.54) is 9.21 Å². The molecule has 1 aliphatic heterocycles. The number of rotatable bonds is 7. The molecule has 22 heavy (non-hydrogen) atoms. The first-order valence-electron chi connectivity index (χ1n) is 7.73. The fraction of sp³-hybridized carbons (Fsp3) is 0.857. The van der Waals surface area contributed by atoms with Crippen molar-refractivity contribution >= 4 is 21.9 Å². The number of amides is 1. The molecule has 0 spiro atoms. The number of nitrogens with zero attached hydrogens (tertiary/aromatic N) is 2. The quantitative estimate of drug-likeness (QED) is 0.741. The Morgan fingerprint density at radius 2 is 1.82 bits per heavy atom. The highest BCUT2D eigenvalue weighted by Gasteiger charge is 2.34. The molecule has 0 aromatic carbocycles. The summed E-state index contributed by atoms with van der Waals surface area (Å²) in [5.74, 6) is -1.44. The number of hydrogen-bond donors (Lipinski definition) is 1. The largest absolute Gasteiger partial charge is 0.480 e. The second-order valence-electron chi connectivity index (χ2n) is 5.69. The summed E-state index contributed by atoms with van der Waals surface area (Å²) in [6.07, 6.45) is 1.58. The summed E-state index contributed by atoms with van der Waals surface area (Å²) in [4.78, 5) is 24.9. The average molecular weight is 334 g/mol. The topological polar surface area (TPSA) is 95.0 Å². The van der Waals surface area contributed by atoms with Crippen LogP contribution in [-0.2, 0) is 19.6 Å². The van der Waals surface area contributed by atoms with Crippen LogP contribution in [0.1, 0.15) is 40.0 Å². The van der Waals surface area contributed by atoms with Crippen LogP contribution in [0.25, 0.3) is 0 Å². The molecule has 1 rings (SSSR count). The van der Waals surface area contributed by atoms with Gasteiger partial charge in [-0.05, 0) is 33.1 Å². The summed E-state index contributed by atoms with van der Waals surface area (Å²) in [5.41, 5.74) is 0. The van der Waals surface area contributed by atoms with Gasteiger partial charge in [0, 0.05) is 25.0 Å². The predicted molar refractivity (Wildman–Crippen MR) is 82.9 cm³/mol. The van der Waals surface area contributed by atoms with E-state index in [9.17, 15) is 18.0 Å².